The normalized spacial score (nSPS) is 14.5. The summed E-state index contributed by atoms with van der Waals surface area (Å²) in [5.74, 6) is 2.26. The van der Waals surface area contributed by atoms with Crippen molar-refractivity contribution in [3.63, 3.8) is 0 Å². The van der Waals surface area contributed by atoms with Gasteiger partial charge in [0.05, 0.1) is 13.2 Å². The second-order valence-electron chi connectivity index (χ2n) is 5.34. The lowest BCUT2D eigenvalue weighted by Crippen LogP contribution is -2.23. The molecule has 0 unspecified atom stereocenters. The maximum absolute atomic E-state index is 11.6. The molecule has 0 spiro atoms. The zero-order valence-corrected chi connectivity index (χ0v) is 13.8. The van der Waals surface area contributed by atoms with Crippen LogP contribution in [0.25, 0.3) is 0 Å². The lowest BCUT2D eigenvalue weighted by atomic mass is 10.2. The Balaban J connectivity index is 1.42. The first kappa shape index (κ1) is 15.9. The van der Waals surface area contributed by atoms with E-state index in [1.54, 1.807) is 4.90 Å². The average molecular weight is 333 g/mol. The van der Waals surface area contributed by atoms with Gasteiger partial charge in [0.1, 0.15) is 5.75 Å². The van der Waals surface area contributed by atoms with Crippen LogP contribution in [0.15, 0.2) is 33.9 Å². The summed E-state index contributed by atoms with van der Waals surface area (Å²) in [4.78, 5) is 13.3. The molecule has 0 atom stereocenters. The van der Waals surface area contributed by atoms with Crippen LogP contribution in [-0.2, 0) is 11.3 Å². The molecule has 7 heteroatoms. The van der Waals surface area contributed by atoms with E-state index in [-0.39, 0.29) is 5.91 Å². The molecule has 1 aromatic heterocycles. The van der Waals surface area contributed by atoms with Gasteiger partial charge in [-0.1, -0.05) is 30.0 Å². The van der Waals surface area contributed by atoms with E-state index in [9.17, 15) is 4.79 Å². The summed E-state index contributed by atoms with van der Waals surface area (Å²) in [6.45, 7) is 3.77. The van der Waals surface area contributed by atoms with Crippen LogP contribution in [-0.4, -0.2) is 39.9 Å². The van der Waals surface area contributed by atoms with E-state index in [0.29, 0.717) is 30.7 Å². The molecule has 0 aliphatic carbocycles. The predicted molar refractivity (Wildman–Crippen MR) is 86.3 cm³/mol. The Morgan fingerprint density at radius 1 is 1.35 bits per heavy atom. The summed E-state index contributed by atoms with van der Waals surface area (Å²) in [5.41, 5.74) is 1.12. The van der Waals surface area contributed by atoms with Crippen LogP contribution in [0.3, 0.4) is 0 Å². The minimum absolute atomic E-state index is 0.157. The van der Waals surface area contributed by atoms with Crippen molar-refractivity contribution < 1.29 is 13.9 Å². The minimum atomic E-state index is 0.157. The van der Waals surface area contributed by atoms with E-state index in [0.717, 1.165) is 30.0 Å². The number of aromatic nitrogens is 2. The van der Waals surface area contributed by atoms with Gasteiger partial charge < -0.3 is 14.1 Å². The number of thioether (sulfide) groups is 1. The summed E-state index contributed by atoms with van der Waals surface area (Å²) >= 11 is 1.46. The van der Waals surface area contributed by atoms with Crippen LogP contribution in [0.5, 0.6) is 5.75 Å². The van der Waals surface area contributed by atoms with Gasteiger partial charge in [0.15, 0.2) is 0 Å². The molecule has 1 saturated heterocycles. The van der Waals surface area contributed by atoms with Crippen molar-refractivity contribution in [2.75, 3.05) is 18.9 Å². The molecule has 0 N–H and O–H groups in total. The van der Waals surface area contributed by atoms with E-state index in [2.05, 4.69) is 10.2 Å². The zero-order chi connectivity index (χ0) is 16.1. The fraction of sp³-hybridized carbons (Fsp3) is 0.438. The molecule has 122 valence electrons. The molecule has 23 heavy (non-hydrogen) atoms. The van der Waals surface area contributed by atoms with Crippen LogP contribution in [0.1, 0.15) is 24.3 Å². The molecule has 3 rings (SSSR count). The summed E-state index contributed by atoms with van der Waals surface area (Å²) in [6, 6.07) is 7.92. The molecule has 6 nitrogen and oxygen atoms in total. The number of nitrogens with zero attached hydrogens (tertiary/aromatic N) is 3. The third-order valence-electron chi connectivity index (χ3n) is 3.61. The lowest BCUT2D eigenvalue weighted by Gasteiger charge is -2.11. The number of hydrogen-bond acceptors (Lipinski definition) is 6. The van der Waals surface area contributed by atoms with Crippen molar-refractivity contribution in [3.8, 4) is 5.75 Å². The van der Waals surface area contributed by atoms with Crippen LogP contribution in [0, 0.1) is 6.92 Å². The molecule has 1 aliphatic heterocycles. The average Bonchev–Trinajstić information content (AvgIpc) is 3.16. The lowest BCUT2D eigenvalue weighted by molar-refractivity contribution is -0.128. The van der Waals surface area contributed by atoms with E-state index in [1.165, 1.54) is 11.8 Å². The molecular weight excluding hydrogens is 314 g/mol. The van der Waals surface area contributed by atoms with Crippen molar-refractivity contribution in [2.24, 2.45) is 0 Å². The minimum Gasteiger partial charge on any atom is -0.492 e. The Bertz CT molecular complexity index is 674. The number of carbonyl (C=O) groups excluding carboxylic acids is 1. The third-order valence-corrected chi connectivity index (χ3v) is 4.39. The number of rotatable bonds is 7. The van der Waals surface area contributed by atoms with E-state index in [4.69, 9.17) is 9.15 Å². The molecule has 0 saturated carbocycles. The largest absolute Gasteiger partial charge is 0.492 e. The molecule has 1 fully saturated rings. The number of hydrogen-bond donors (Lipinski definition) is 0. The molecule has 1 amide bonds. The van der Waals surface area contributed by atoms with Gasteiger partial charge in [-0.2, -0.15) is 0 Å². The summed E-state index contributed by atoms with van der Waals surface area (Å²) in [5, 5.41) is 8.51. The summed E-state index contributed by atoms with van der Waals surface area (Å²) in [7, 11) is 0. The molecule has 0 bridgehead atoms. The summed E-state index contributed by atoms with van der Waals surface area (Å²) in [6.07, 6.45) is 1.52. The molecule has 1 aromatic carbocycles. The van der Waals surface area contributed by atoms with E-state index >= 15 is 0 Å². The number of likely N-dealkylation sites (tertiary alicyclic amines) is 1. The van der Waals surface area contributed by atoms with Gasteiger partial charge >= 0.3 is 0 Å². The highest BCUT2D eigenvalue weighted by atomic mass is 32.2. The molecule has 0 radical (unpaired) electrons. The number of ether oxygens (including phenoxy) is 1. The van der Waals surface area contributed by atoms with E-state index in [1.807, 2.05) is 31.2 Å². The predicted octanol–water partition coefficient (Wildman–Crippen LogP) is 2.67. The Kier molecular flexibility index (Phi) is 5.17. The van der Waals surface area contributed by atoms with Gasteiger partial charge in [-0.25, -0.2) is 0 Å². The highest BCUT2D eigenvalue weighted by Crippen LogP contribution is 2.20. The highest BCUT2D eigenvalue weighted by Gasteiger charge is 2.22. The maximum Gasteiger partial charge on any atom is 0.276 e. The quantitative estimate of drug-likeness (QED) is 0.573. The van der Waals surface area contributed by atoms with Crippen LogP contribution in [0.4, 0.5) is 0 Å². The smallest absolute Gasteiger partial charge is 0.276 e. The van der Waals surface area contributed by atoms with E-state index < -0.39 is 0 Å². The molecule has 1 aliphatic rings. The van der Waals surface area contributed by atoms with Gasteiger partial charge in [-0.05, 0) is 25.0 Å². The molecule has 2 heterocycles. The standard InChI is InChI=1S/C16H19N3O3S/c1-12-5-2-3-6-13(12)21-9-10-23-16-18-17-14(22-16)11-19-8-4-7-15(19)20/h2-3,5-6H,4,7-11H2,1H3. The Labute approximate surface area is 139 Å². The fourth-order valence-electron chi connectivity index (χ4n) is 2.39. The summed E-state index contributed by atoms with van der Waals surface area (Å²) < 4.78 is 11.3. The first-order valence-corrected chi connectivity index (χ1v) is 8.62. The Hall–Kier alpha value is -2.02. The van der Waals surface area contributed by atoms with Gasteiger partial charge in [0.25, 0.3) is 5.22 Å². The van der Waals surface area contributed by atoms with Crippen LogP contribution < -0.4 is 4.74 Å². The zero-order valence-electron chi connectivity index (χ0n) is 13.0. The number of carbonyl (C=O) groups is 1. The second-order valence-corrected chi connectivity index (χ2v) is 6.39. The van der Waals surface area contributed by atoms with Crippen molar-refractivity contribution in [3.05, 3.63) is 35.7 Å². The van der Waals surface area contributed by atoms with Gasteiger partial charge in [-0.3, -0.25) is 4.79 Å². The van der Waals surface area contributed by atoms with Crippen LogP contribution in [0.2, 0.25) is 0 Å². The SMILES string of the molecule is Cc1ccccc1OCCSc1nnc(CN2CCCC2=O)o1. The van der Waals surface area contributed by atoms with Crippen molar-refractivity contribution >= 4 is 17.7 Å². The maximum atomic E-state index is 11.6. The van der Waals surface area contributed by atoms with Crippen molar-refractivity contribution in [2.45, 2.75) is 31.5 Å². The number of benzene rings is 1. The Morgan fingerprint density at radius 2 is 2.22 bits per heavy atom. The van der Waals surface area contributed by atoms with Gasteiger partial charge in [-0.15, -0.1) is 10.2 Å². The topological polar surface area (TPSA) is 68.5 Å². The first-order valence-electron chi connectivity index (χ1n) is 7.64. The Morgan fingerprint density at radius 3 is 3.00 bits per heavy atom. The van der Waals surface area contributed by atoms with Crippen molar-refractivity contribution in [1.29, 1.82) is 0 Å². The van der Waals surface area contributed by atoms with Crippen molar-refractivity contribution in [1.82, 2.24) is 15.1 Å². The number of amides is 1. The molecular formula is C16H19N3O3S. The highest BCUT2D eigenvalue weighted by molar-refractivity contribution is 7.99. The van der Waals surface area contributed by atoms with Crippen LogP contribution >= 0.6 is 11.8 Å². The van der Waals surface area contributed by atoms with Gasteiger partial charge in [0, 0.05) is 18.7 Å². The number of aryl methyl sites for hydroxylation is 1. The first-order chi connectivity index (χ1) is 11.2. The molecule has 2 aromatic rings. The van der Waals surface area contributed by atoms with Gasteiger partial charge in [0.2, 0.25) is 11.8 Å². The fourth-order valence-corrected chi connectivity index (χ4v) is 2.99. The second kappa shape index (κ2) is 7.50. The third kappa shape index (κ3) is 4.25. The number of para-hydroxylation sites is 1. The monoisotopic (exact) mass is 333 g/mol.